The number of aromatic nitrogens is 1. The average Bonchev–Trinajstić information content (AvgIpc) is 2.05. The summed E-state index contributed by atoms with van der Waals surface area (Å²) in [7, 11) is 0. The molecule has 0 unspecified atom stereocenters. The molecule has 0 fully saturated rings. The van der Waals surface area contributed by atoms with E-state index in [0.29, 0.717) is 5.56 Å². The molecule has 1 atom stereocenters. The number of pyridine rings is 1. The highest BCUT2D eigenvalue weighted by Gasteiger charge is 2.09. The zero-order valence-electron chi connectivity index (χ0n) is 7.53. The Morgan fingerprint density at radius 2 is 2.31 bits per heavy atom. The Bertz CT molecular complexity index is 255. The van der Waals surface area contributed by atoms with Crippen molar-refractivity contribution < 1.29 is 4.39 Å². The van der Waals surface area contributed by atoms with Gasteiger partial charge in [0.1, 0.15) is 0 Å². The third-order valence-corrected chi connectivity index (χ3v) is 1.79. The number of hydrogen-bond acceptors (Lipinski definition) is 2. The van der Waals surface area contributed by atoms with Crippen molar-refractivity contribution >= 4 is 12.4 Å². The molecular formula is C9H14ClFN2. The van der Waals surface area contributed by atoms with Crippen molar-refractivity contribution in [1.29, 1.82) is 0 Å². The Morgan fingerprint density at radius 1 is 1.62 bits per heavy atom. The second-order valence-corrected chi connectivity index (χ2v) is 2.78. The highest BCUT2D eigenvalue weighted by atomic mass is 35.5. The highest BCUT2D eigenvalue weighted by Crippen LogP contribution is 2.16. The lowest BCUT2D eigenvalue weighted by Gasteiger charge is -2.09. The molecular weight excluding hydrogens is 191 g/mol. The maximum Gasteiger partial charge on any atom is 0.217 e. The number of hydrogen-bond donors (Lipinski definition) is 1. The van der Waals surface area contributed by atoms with E-state index in [1.54, 1.807) is 12.1 Å². The van der Waals surface area contributed by atoms with Gasteiger partial charge in [-0.05, 0) is 12.5 Å². The van der Waals surface area contributed by atoms with Gasteiger partial charge < -0.3 is 5.73 Å². The van der Waals surface area contributed by atoms with E-state index in [1.165, 1.54) is 6.20 Å². The molecule has 1 heterocycles. The van der Waals surface area contributed by atoms with E-state index in [2.05, 4.69) is 4.98 Å². The average molecular weight is 205 g/mol. The van der Waals surface area contributed by atoms with Gasteiger partial charge in [-0.3, -0.25) is 0 Å². The molecule has 0 aliphatic heterocycles. The van der Waals surface area contributed by atoms with E-state index in [-0.39, 0.29) is 18.4 Å². The summed E-state index contributed by atoms with van der Waals surface area (Å²) in [5.74, 6) is -0.446. The molecule has 0 amide bonds. The minimum atomic E-state index is -0.446. The van der Waals surface area contributed by atoms with Crippen LogP contribution in [0.15, 0.2) is 18.3 Å². The number of nitrogens with two attached hydrogens (primary N) is 1. The summed E-state index contributed by atoms with van der Waals surface area (Å²) in [6.07, 6.45) is 3.18. The minimum Gasteiger partial charge on any atom is -0.324 e. The first-order valence-corrected chi connectivity index (χ1v) is 4.11. The Morgan fingerprint density at radius 3 is 2.85 bits per heavy atom. The molecule has 0 spiro atoms. The van der Waals surface area contributed by atoms with Gasteiger partial charge >= 0.3 is 0 Å². The van der Waals surface area contributed by atoms with Gasteiger partial charge in [0.15, 0.2) is 0 Å². The second-order valence-electron chi connectivity index (χ2n) is 2.78. The standard InChI is InChI=1S/C9H13FN2.ClH/c1-2-4-8(11)7-5-3-6-12-9(7)10;/h3,5-6,8H,2,4,11H2,1H3;1H/t8-;/m0./s1. The number of halogens is 2. The Hall–Kier alpha value is -0.670. The summed E-state index contributed by atoms with van der Waals surface area (Å²) in [6.45, 7) is 2.02. The zero-order chi connectivity index (χ0) is 8.97. The lowest BCUT2D eigenvalue weighted by molar-refractivity contribution is 0.530. The van der Waals surface area contributed by atoms with Crippen molar-refractivity contribution in [2.75, 3.05) is 0 Å². The van der Waals surface area contributed by atoms with Crippen LogP contribution < -0.4 is 5.73 Å². The molecule has 13 heavy (non-hydrogen) atoms. The molecule has 2 N–H and O–H groups in total. The lowest BCUT2D eigenvalue weighted by atomic mass is 10.1. The third kappa shape index (κ3) is 3.28. The molecule has 1 aromatic rings. The van der Waals surface area contributed by atoms with E-state index < -0.39 is 5.95 Å². The van der Waals surface area contributed by atoms with Crippen LogP contribution in [0.4, 0.5) is 4.39 Å². The van der Waals surface area contributed by atoms with E-state index in [4.69, 9.17) is 5.73 Å². The summed E-state index contributed by atoms with van der Waals surface area (Å²) < 4.78 is 13.0. The monoisotopic (exact) mass is 204 g/mol. The second kappa shape index (κ2) is 5.89. The van der Waals surface area contributed by atoms with Gasteiger partial charge in [-0.25, -0.2) is 4.98 Å². The fourth-order valence-electron chi connectivity index (χ4n) is 1.14. The normalized spacial score (nSPS) is 11.9. The maximum absolute atomic E-state index is 13.0. The SMILES string of the molecule is CCC[C@H](N)c1cccnc1F.Cl. The van der Waals surface area contributed by atoms with Crippen LogP contribution in [0.3, 0.4) is 0 Å². The first-order chi connectivity index (χ1) is 5.75. The Kier molecular flexibility index (Phi) is 5.58. The van der Waals surface area contributed by atoms with Gasteiger partial charge in [-0.15, -0.1) is 12.4 Å². The van der Waals surface area contributed by atoms with Crippen molar-refractivity contribution in [2.24, 2.45) is 5.73 Å². The molecule has 74 valence electrons. The molecule has 1 rings (SSSR count). The van der Waals surface area contributed by atoms with E-state index in [9.17, 15) is 4.39 Å². The summed E-state index contributed by atoms with van der Waals surface area (Å²) in [6, 6.07) is 3.17. The summed E-state index contributed by atoms with van der Waals surface area (Å²) >= 11 is 0. The predicted octanol–water partition coefficient (Wildman–Crippen LogP) is 2.44. The summed E-state index contributed by atoms with van der Waals surface area (Å²) in [5.41, 5.74) is 6.24. The molecule has 0 aromatic carbocycles. The summed E-state index contributed by atoms with van der Waals surface area (Å²) in [5, 5.41) is 0. The van der Waals surface area contributed by atoms with Gasteiger partial charge in [-0.2, -0.15) is 4.39 Å². The van der Waals surface area contributed by atoms with Crippen LogP contribution in [0.5, 0.6) is 0 Å². The van der Waals surface area contributed by atoms with E-state index >= 15 is 0 Å². The highest BCUT2D eigenvalue weighted by molar-refractivity contribution is 5.85. The first-order valence-electron chi connectivity index (χ1n) is 4.11. The van der Waals surface area contributed by atoms with Gasteiger partial charge in [0.05, 0.1) is 0 Å². The van der Waals surface area contributed by atoms with Crippen LogP contribution >= 0.6 is 12.4 Å². The molecule has 0 saturated carbocycles. The van der Waals surface area contributed by atoms with Crippen molar-refractivity contribution in [3.05, 3.63) is 29.8 Å². The van der Waals surface area contributed by atoms with Crippen LogP contribution in [-0.4, -0.2) is 4.98 Å². The van der Waals surface area contributed by atoms with Crippen molar-refractivity contribution in [3.8, 4) is 0 Å². The minimum absolute atomic E-state index is 0. The van der Waals surface area contributed by atoms with Gasteiger partial charge in [0.25, 0.3) is 0 Å². The lowest BCUT2D eigenvalue weighted by Crippen LogP contribution is -2.12. The zero-order valence-corrected chi connectivity index (χ0v) is 8.35. The van der Waals surface area contributed by atoms with Crippen LogP contribution in [0, 0.1) is 5.95 Å². The van der Waals surface area contributed by atoms with E-state index in [1.807, 2.05) is 6.92 Å². The molecule has 0 bridgehead atoms. The largest absolute Gasteiger partial charge is 0.324 e. The fraction of sp³-hybridized carbons (Fsp3) is 0.444. The maximum atomic E-state index is 13.0. The molecule has 4 heteroatoms. The summed E-state index contributed by atoms with van der Waals surface area (Å²) in [4.78, 5) is 3.54. The molecule has 2 nitrogen and oxygen atoms in total. The Labute approximate surface area is 83.8 Å². The molecule has 0 aliphatic rings. The Balaban J connectivity index is 0.00000144. The quantitative estimate of drug-likeness (QED) is 0.769. The smallest absolute Gasteiger partial charge is 0.217 e. The van der Waals surface area contributed by atoms with Gasteiger partial charge in [-0.1, -0.05) is 19.4 Å². The number of nitrogens with zero attached hydrogens (tertiary/aromatic N) is 1. The third-order valence-electron chi connectivity index (χ3n) is 1.79. The van der Waals surface area contributed by atoms with Crippen molar-refractivity contribution in [2.45, 2.75) is 25.8 Å². The van der Waals surface area contributed by atoms with Crippen LogP contribution in [0.25, 0.3) is 0 Å². The fourth-order valence-corrected chi connectivity index (χ4v) is 1.14. The van der Waals surface area contributed by atoms with Gasteiger partial charge in [0.2, 0.25) is 5.95 Å². The first kappa shape index (κ1) is 12.3. The van der Waals surface area contributed by atoms with Crippen LogP contribution in [0.2, 0.25) is 0 Å². The molecule has 1 aromatic heterocycles. The van der Waals surface area contributed by atoms with E-state index in [0.717, 1.165) is 12.8 Å². The number of rotatable bonds is 3. The molecule has 0 saturated heterocycles. The van der Waals surface area contributed by atoms with Crippen LogP contribution in [0.1, 0.15) is 31.4 Å². The predicted molar refractivity (Wildman–Crippen MR) is 53.3 cm³/mol. The van der Waals surface area contributed by atoms with Crippen molar-refractivity contribution in [3.63, 3.8) is 0 Å². The topological polar surface area (TPSA) is 38.9 Å². The van der Waals surface area contributed by atoms with Gasteiger partial charge in [0, 0.05) is 17.8 Å². The van der Waals surface area contributed by atoms with Crippen LogP contribution in [-0.2, 0) is 0 Å². The molecule has 0 radical (unpaired) electrons. The van der Waals surface area contributed by atoms with Crippen molar-refractivity contribution in [1.82, 2.24) is 4.98 Å². The molecule has 0 aliphatic carbocycles.